The zero-order valence-electron chi connectivity index (χ0n) is 29.1. The highest BCUT2D eigenvalue weighted by atomic mass is 15.0. The molecule has 5 aliphatic rings. The lowest BCUT2D eigenvalue weighted by atomic mass is 9.43. The third-order valence-corrected chi connectivity index (χ3v) is 14.2. The summed E-state index contributed by atoms with van der Waals surface area (Å²) in [6.07, 6.45) is 7.08. The summed E-state index contributed by atoms with van der Waals surface area (Å²) >= 11 is 0. The fraction of sp³-hybridized carbons (Fsp3) is 0.200. The first-order valence-corrected chi connectivity index (χ1v) is 19.5. The maximum Gasteiger partial charge on any atom is 0.0562 e. The highest BCUT2D eigenvalue weighted by Gasteiger charge is 2.61. The van der Waals surface area contributed by atoms with Crippen molar-refractivity contribution in [2.45, 2.75) is 37.5 Å². The van der Waals surface area contributed by atoms with Crippen LogP contribution in [0.25, 0.3) is 76.9 Å². The summed E-state index contributed by atoms with van der Waals surface area (Å²) in [6.45, 7) is 0. The molecule has 52 heavy (non-hydrogen) atoms. The molecule has 0 unspecified atom stereocenters. The lowest BCUT2D eigenvalue weighted by Gasteiger charge is -2.61. The second-order valence-electron chi connectivity index (χ2n) is 16.5. The Balaban J connectivity index is 1.19. The molecule has 4 bridgehead atoms. The Hall–Kier alpha value is -5.60. The molecule has 2 heteroatoms. The van der Waals surface area contributed by atoms with E-state index in [9.17, 15) is 0 Å². The minimum Gasteiger partial charge on any atom is -0.309 e. The third-order valence-electron chi connectivity index (χ3n) is 14.2. The molecule has 0 atom stereocenters. The van der Waals surface area contributed by atoms with Crippen LogP contribution in [0.4, 0.5) is 0 Å². The van der Waals surface area contributed by atoms with Crippen molar-refractivity contribution in [2.75, 3.05) is 0 Å². The Labute approximate surface area is 302 Å². The summed E-state index contributed by atoms with van der Waals surface area (Å²) in [7, 11) is 0. The lowest BCUT2D eigenvalue weighted by Crippen LogP contribution is -2.55. The summed E-state index contributed by atoms with van der Waals surface area (Å²) < 4.78 is 5.06. The predicted molar refractivity (Wildman–Crippen MR) is 216 cm³/mol. The molecule has 248 valence electrons. The van der Waals surface area contributed by atoms with Gasteiger partial charge in [-0.3, -0.25) is 0 Å². The van der Waals surface area contributed by atoms with Gasteiger partial charge in [0.05, 0.1) is 27.8 Å². The van der Waals surface area contributed by atoms with Gasteiger partial charge < -0.3 is 9.13 Å². The molecule has 0 aliphatic heterocycles. The Morgan fingerprint density at radius 2 is 1.12 bits per heavy atom. The van der Waals surface area contributed by atoms with Crippen molar-refractivity contribution in [2.24, 2.45) is 23.7 Å². The van der Waals surface area contributed by atoms with Crippen LogP contribution in [-0.2, 0) is 5.41 Å². The van der Waals surface area contributed by atoms with Gasteiger partial charge in [0, 0.05) is 32.6 Å². The number of nitrogens with zero attached hydrogens (tertiary/aromatic N) is 2. The molecule has 4 saturated carbocycles. The molecule has 2 aromatic heterocycles. The van der Waals surface area contributed by atoms with E-state index in [0.29, 0.717) is 0 Å². The van der Waals surface area contributed by atoms with Gasteiger partial charge in [-0.05, 0) is 137 Å². The van der Waals surface area contributed by atoms with Crippen LogP contribution in [0.2, 0.25) is 0 Å². The molecule has 0 radical (unpaired) electrons. The molecular formula is C50H38N2. The summed E-state index contributed by atoms with van der Waals surface area (Å²) in [5.74, 6) is 3.35. The standard InChI is InChI=1S/C50H38N2/c1-2-13-36(14-3-1)51-42-18-9-7-16-38(42)48-43(51)19-10-20-44(48)52-45-22-21-41-47(49(45)39-28-32-11-4-5-12-33(32)29-46(39)52)37-15-6-8-17-40(37)50(41)34-24-30-23-31(26-34)27-35(50)25-30/h1-22,28-31,34-35H,23-27H2. The van der Waals surface area contributed by atoms with Crippen LogP contribution in [0.5, 0.6) is 0 Å². The van der Waals surface area contributed by atoms with Crippen LogP contribution < -0.4 is 0 Å². The van der Waals surface area contributed by atoms with Crippen molar-refractivity contribution < 1.29 is 0 Å². The maximum atomic E-state index is 2.62. The first-order valence-electron chi connectivity index (χ1n) is 19.5. The van der Waals surface area contributed by atoms with E-state index >= 15 is 0 Å². The van der Waals surface area contributed by atoms with Crippen molar-refractivity contribution in [3.05, 3.63) is 157 Å². The average molecular weight is 667 g/mol. The number of aromatic nitrogens is 2. The van der Waals surface area contributed by atoms with Crippen LogP contribution in [0.1, 0.15) is 43.2 Å². The summed E-state index contributed by atoms with van der Waals surface area (Å²) in [4.78, 5) is 0. The minimum absolute atomic E-state index is 0.141. The van der Waals surface area contributed by atoms with E-state index in [0.717, 1.165) is 23.7 Å². The summed E-state index contributed by atoms with van der Waals surface area (Å²) in [6, 6.07) is 55.4. The number of hydrogen-bond acceptors (Lipinski definition) is 0. The molecule has 1 spiro atoms. The van der Waals surface area contributed by atoms with Gasteiger partial charge in [0.15, 0.2) is 0 Å². The molecule has 14 rings (SSSR count). The average Bonchev–Trinajstić information content (AvgIpc) is 3.80. The van der Waals surface area contributed by atoms with Gasteiger partial charge in [0.2, 0.25) is 0 Å². The molecule has 7 aromatic carbocycles. The van der Waals surface area contributed by atoms with Crippen LogP contribution in [0.3, 0.4) is 0 Å². The van der Waals surface area contributed by atoms with Crippen molar-refractivity contribution in [1.82, 2.24) is 9.13 Å². The number of hydrogen-bond donors (Lipinski definition) is 0. The smallest absolute Gasteiger partial charge is 0.0562 e. The maximum absolute atomic E-state index is 2.62. The van der Waals surface area contributed by atoms with E-state index in [-0.39, 0.29) is 5.41 Å². The van der Waals surface area contributed by atoms with Crippen LogP contribution >= 0.6 is 0 Å². The van der Waals surface area contributed by atoms with Crippen LogP contribution in [0, 0.1) is 23.7 Å². The first kappa shape index (κ1) is 28.0. The SMILES string of the molecule is c1ccc(-n2c3ccccc3c3c(-n4c5cc6ccccc6cc5c5c6c(ccc54)C4(c5ccccc5-6)C5CC6CC(C5)CC4C6)cccc32)cc1. The highest BCUT2D eigenvalue weighted by Crippen LogP contribution is 2.70. The van der Waals surface area contributed by atoms with Gasteiger partial charge in [-0.1, -0.05) is 97.1 Å². The van der Waals surface area contributed by atoms with E-state index < -0.39 is 0 Å². The number of benzene rings is 7. The molecule has 5 aliphatic carbocycles. The van der Waals surface area contributed by atoms with Gasteiger partial charge in [-0.15, -0.1) is 0 Å². The molecular weight excluding hydrogens is 629 g/mol. The van der Waals surface area contributed by atoms with E-state index in [1.165, 1.54) is 109 Å². The molecule has 2 nitrogen and oxygen atoms in total. The zero-order chi connectivity index (χ0) is 33.7. The monoisotopic (exact) mass is 666 g/mol. The summed E-state index contributed by atoms with van der Waals surface area (Å²) in [5.41, 5.74) is 13.9. The van der Waals surface area contributed by atoms with Crippen LogP contribution in [-0.4, -0.2) is 9.13 Å². The molecule has 0 N–H and O–H groups in total. The minimum atomic E-state index is 0.141. The Bertz CT molecular complexity index is 2950. The Morgan fingerprint density at radius 3 is 1.94 bits per heavy atom. The quantitative estimate of drug-likeness (QED) is 0.174. The van der Waals surface area contributed by atoms with E-state index in [4.69, 9.17) is 0 Å². The lowest BCUT2D eigenvalue weighted by molar-refractivity contribution is -0.0399. The third kappa shape index (κ3) is 3.33. The van der Waals surface area contributed by atoms with Crippen LogP contribution in [0.15, 0.2) is 146 Å². The van der Waals surface area contributed by atoms with Crippen molar-refractivity contribution in [1.29, 1.82) is 0 Å². The first-order chi connectivity index (χ1) is 25.8. The Morgan fingerprint density at radius 1 is 0.442 bits per heavy atom. The zero-order valence-corrected chi connectivity index (χ0v) is 29.1. The number of rotatable bonds is 2. The van der Waals surface area contributed by atoms with Crippen molar-refractivity contribution in [3.63, 3.8) is 0 Å². The number of para-hydroxylation sites is 2. The van der Waals surface area contributed by atoms with E-state index in [2.05, 4.69) is 155 Å². The fourth-order valence-corrected chi connectivity index (χ4v) is 12.7. The van der Waals surface area contributed by atoms with Gasteiger partial charge in [0.25, 0.3) is 0 Å². The molecule has 0 amide bonds. The molecule has 4 fully saturated rings. The highest BCUT2D eigenvalue weighted by molar-refractivity contribution is 6.22. The number of fused-ring (bicyclic) bond motifs is 11. The molecule has 9 aromatic rings. The van der Waals surface area contributed by atoms with Gasteiger partial charge >= 0.3 is 0 Å². The Kier molecular flexibility index (Phi) is 5.30. The van der Waals surface area contributed by atoms with Gasteiger partial charge in [-0.25, -0.2) is 0 Å². The normalized spacial score (nSPS) is 24.2. The summed E-state index contributed by atoms with van der Waals surface area (Å²) in [5, 5.41) is 7.97. The van der Waals surface area contributed by atoms with Gasteiger partial charge in [-0.2, -0.15) is 0 Å². The molecule has 2 heterocycles. The second kappa shape index (κ2) is 9.83. The van der Waals surface area contributed by atoms with E-state index in [1.807, 2.05) is 0 Å². The van der Waals surface area contributed by atoms with Crippen molar-refractivity contribution in [3.8, 4) is 22.5 Å². The predicted octanol–water partition coefficient (Wildman–Crippen LogP) is 12.8. The largest absolute Gasteiger partial charge is 0.309 e. The van der Waals surface area contributed by atoms with Gasteiger partial charge in [0.1, 0.15) is 0 Å². The van der Waals surface area contributed by atoms with Crippen molar-refractivity contribution >= 4 is 54.4 Å². The van der Waals surface area contributed by atoms with E-state index in [1.54, 1.807) is 11.1 Å². The topological polar surface area (TPSA) is 9.86 Å². The fourth-order valence-electron chi connectivity index (χ4n) is 12.7. The second-order valence-corrected chi connectivity index (χ2v) is 16.5. The molecule has 0 saturated heterocycles.